The second-order valence-electron chi connectivity index (χ2n) is 6.67. The number of anilines is 1. The molecule has 3 heteroatoms. The van der Waals surface area contributed by atoms with Crippen LogP contribution < -0.4 is 10.1 Å². The maximum Gasteiger partial charge on any atom is 0.265 e. The fourth-order valence-electron chi connectivity index (χ4n) is 3.33. The fourth-order valence-corrected chi connectivity index (χ4v) is 3.33. The van der Waals surface area contributed by atoms with Crippen molar-refractivity contribution in [3.05, 3.63) is 71.8 Å². The number of hydrogen-bond acceptors (Lipinski definition) is 2. The molecule has 0 spiro atoms. The molecule has 1 atom stereocenters. The highest BCUT2D eigenvalue weighted by molar-refractivity contribution is 5.96. The van der Waals surface area contributed by atoms with Gasteiger partial charge in [0.15, 0.2) is 6.10 Å². The van der Waals surface area contributed by atoms with Gasteiger partial charge in [-0.1, -0.05) is 69.3 Å². The Hall–Kier alpha value is -2.81. The zero-order valence-corrected chi connectivity index (χ0v) is 16.3. The van der Waals surface area contributed by atoms with Gasteiger partial charge in [0.05, 0.1) is 0 Å². The number of rotatable bonds is 7. The van der Waals surface area contributed by atoms with E-state index in [-0.39, 0.29) is 5.91 Å². The summed E-state index contributed by atoms with van der Waals surface area (Å²) in [6, 6.07) is 20.3. The van der Waals surface area contributed by atoms with Gasteiger partial charge in [-0.2, -0.15) is 0 Å². The molecular formula is C24H27NO2. The number of nitrogens with one attached hydrogen (secondary N) is 1. The van der Waals surface area contributed by atoms with Crippen LogP contribution >= 0.6 is 0 Å². The Morgan fingerprint density at radius 2 is 1.56 bits per heavy atom. The number of aryl methyl sites for hydroxylation is 2. The first-order chi connectivity index (χ1) is 13.2. The summed E-state index contributed by atoms with van der Waals surface area (Å²) in [5.74, 6) is 0.622. The molecule has 27 heavy (non-hydrogen) atoms. The Morgan fingerprint density at radius 1 is 0.889 bits per heavy atom. The van der Waals surface area contributed by atoms with Crippen LogP contribution in [0.1, 0.15) is 38.3 Å². The van der Waals surface area contributed by atoms with Crippen molar-refractivity contribution in [2.75, 3.05) is 5.32 Å². The Bertz CT molecular complexity index is 910. The summed E-state index contributed by atoms with van der Waals surface area (Å²) in [6.45, 7) is 6.18. The van der Waals surface area contributed by atoms with Gasteiger partial charge in [0.1, 0.15) is 5.75 Å². The number of benzene rings is 3. The Kier molecular flexibility index (Phi) is 6.12. The smallest absolute Gasteiger partial charge is 0.265 e. The Labute approximate surface area is 161 Å². The van der Waals surface area contributed by atoms with Crippen molar-refractivity contribution in [3.8, 4) is 5.75 Å². The summed E-state index contributed by atoms with van der Waals surface area (Å²) < 4.78 is 6.04. The van der Waals surface area contributed by atoms with Crippen LogP contribution in [-0.2, 0) is 17.6 Å². The van der Waals surface area contributed by atoms with Gasteiger partial charge in [-0.3, -0.25) is 4.79 Å². The number of carbonyl (C=O) groups excluding carboxylic acids is 1. The molecule has 0 heterocycles. The Morgan fingerprint density at radius 3 is 2.19 bits per heavy atom. The van der Waals surface area contributed by atoms with E-state index in [4.69, 9.17) is 4.74 Å². The third-order valence-electron chi connectivity index (χ3n) is 4.91. The molecular weight excluding hydrogens is 334 g/mol. The molecule has 0 aromatic heterocycles. The second kappa shape index (κ2) is 8.72. The number of ether oxygens (including phenoxy) is 1. The molecule has 0 saturated carbocycles. The van der Waals surface area contributed by atoms with E-state index >= 15 is 0 Å². The van der Waals surface area contributed by atoms with Gasteiger partial charge in [0.2, 0.25) is 0 Å². The van der Waals surface area contributed by atoms with E-state index in [1.807, 2.05) is 43.3 Å². The summed E-state index contributed by atoms with van der Waals surface area (Å²) in [7, 11) is 0. The standard InChI is InChI=1S/C24H27NO2/c1-4-17-12-9-13-18(5-2)23(17)25-24(26)22(6-3)27-21-15-14-19-10-7-8-11-20(19)16-21/h7-16,22H,4-6H2,1-3H3,(H,25,26). The van der Waals surface area contributed by atoms with Gasteiger partial charge < -0.3 is 10.1 Å². The quantitative estimate of drug-likeness (QED) is 0.581. The summed E-state index contributed by atoms with van der Waals surface area (Å²) in [5, 5.41) is 5.39. The number of amides is 1. The van der Waals surface area contributed by atoms with Crippen molar-refractivity contribution in [1.29, 1.82) is 0 Å². The third kappa shape index (κ3) is 4.30. The Balaban J connectivity index is 1.80. The molecule has 1 N–H and O–H groups in total. The van der Waals surface area contributed by atoms with E-state index < -0.39 is 6.10 Å². The molecule has 0 aliphatic carbocycles. The van der Waals surface area contributed by atoms with Crippen LogP contribution in [0.15, 0.2) is 60.7 Å². The van der Waals surface area contributed by atoms with Gasteiger partial charge in [-0.15, -0.1) is 0 Å². The predicted molar refractivity (Wildman–Crippen MR) is 112 cm³/mol. The van der Waals surface area contributed by atoms with Crippen LogP contribution in [0.4, 0.5) is 5.69 Å². The van der Waals surface area contributed by atoms with Gasteiger partial charge in [0.25, 0.3) is 5.91 Å². The van der Waals surface area contributed by atoms with Gasteiger partial charge in [-0.25, -0.2) is 0 Å². The maximum absolute atomic E-state index is 12.9. The van der Waals surface area contributed by atoms with Gasteiger partial charge in [-0.05, 0) is 53.3 Å². The molecule has 3 nitrogen and oxygen atoms in total. The fraction of sp³-hybridized carbons (Fsp3) is 0.292. The summed E-state index contributed by atoms with van der Waals surface area (Å²) >= 11 is 0. The minimum atomic E-state index is -0.527. The van der Waals surface area contributed by atoms with Gasteiger partial charge in [0, 0.05) is 5.69 Å². The molecule has 1 amide bonds. The number of carbonyl (C=O) groups is 1. The molecule has 0 aliphatic heterocycles. The molecule has 140 valence electrons. The molecule has 0 saturated heterocycles. The maximum atomic E-state index is 12.9. The van der Waals surface area contributed by atoms with Crippen molar-refractivity contribution in [2.45, 2.75) is 46.1 Å². The van der Waals surface area contributed by atoms with E-state index in [1.165, 1.54) is 0 Å². The molecule has 0 bridgehead atoms. The number of para-hydroxylation sites is 1. The first-order valence-electron chi connectivity index (χ1n) is 9.73. The van der Waals surface area contributed by atoms with Crippen molar-refractivity contribution in [2.24, 2.45) is 0 Å². The van der Waals surface area contributed by atoms with Gasteiger partial charge >= 0.3 is 0 Å². The largest absolute Gasteiger partial charge is 0.481 e. The number of hydrogen-bond donors (Lipinski definition) is 1. The predicted octanol–water partition coefficient (Wildman–Crippen LogP) is 5.76. The lowest BCUT2D eigenvalue weighted by atomic mass is 10.0. The first-order valence-corrected chi connectivity index (χ1v) is 9.73. The lowest BCUT2D eigenvalue weighted by Gasteiger charge is -2.20. The van der Waals surface area contributed by atoms with E-state index in [9.17, 15) is 4.79 Å². The van der Waals surface area contributed by atoms with E-state index in [0.29, 0.717) is 6.42 Å². The zero-order valence-electron chi connectivity index (χ0n) is 16.3. The van der Waals surface area contributed by atoms with Crippen molar-refractivity contribution in [3.63, 3.8) is 0 Å². The average Bonchev–Trinajstić information content (AvgIpc) is 2.71. The zero-order chi connectivity index (χ0) is 19.2. The molecule has 3 rings (SSSR count). The van der Waals surface area contributed by atoms with Crippen molar-refractivity contribution < 1.29 is 9.53 Å². The topological polar surface area (TPSA) is 38.3 Å². The highest BCUT2D eigenvalue weighted by Crippen LogP contribution is 2.25. The SMILES string of the molecule is CCc1cccc(CC)c1NC(=O)C(CC)Oc1ccc2ccccc2c1. The second-order valence-corrected chi connectivity index (χ2v) is 6.67. The lowest BCUT2D eigenvalue weighted by Crippen LogP contribution is -2.33. The van der Waals surface area contributed by atoms with Crippen LogP contribution in [0.3, 0.4) is 0 Å². The molecule has 0 radical (unpaired) electrons. The highest BCUT2D eigenvalue weighted by atomic mass is 16.5. The normalized spacial score (nSPS) is 12.0. The van der Waals surface area contributed by atoms with Crippen LogP contribution in [-0.4, -0.2) is 12.0 Å². The van der Waals surface area contributed by atoms with E-state index in [0.717, 1.165) is 46.2 Å². The van der Waals surface area contributed by atoms with Crippen molar-refractivity contribution in [1.82, 2.24) is 0 Å². The van der Waals surface area contributed by atoms with E-state index in [1.54, 1.807) is 0 Å². The monoisotopic (exact) mass is 361 g/mol. The minimum absolute atomic E-state index is 0.0961. The molecule has 0 fully saturated rings. The molecule has 0 aliphatic rings. The number of fused-ring (bicyclic) bond motifs is 1. The summed E-state index contributed by atoms with van der Waals surface area (Å²) in [6.07, 6.45) is 1.84. The van der Waals surface area contributed by atoms with Crippen LogP contribution in [0.2, 0.25) is 0 Å². The van der Waals surface area contributed by atoms with E-state index in [2.05, 4.69) is 43.4 Å². The molecule has 3 aromatic carbocycles. The highest BCUT2D eigenvalue weighted by Gasteiger charge is 2.20. The molecule has 3 aromatic rings. The summed E-state index contributed by atoms with van der Waals surface area (Å²) in [5.41, 5.74) is 3.25. The minimum Gasteiger partial charge on any atom is -0.481 e. The lowest BCUT2D eigenvalue weighted by molar-refractivity contribution is -0.122. The van der Waals surface area contributed by atoms with Crippen LogP contribution in [0.25, 0.3) is 10.8 Å². The first kappa shape index (κ1) is 19.0. The average molecular weight is 361 g/mol. The molecule has 1 unspecified atom stereocenters. The van der Waals surface area contributed by atoms with Crippen molar-refractivity contribution >= 4 is 22.4 Å². The van der Waals surface area contributed by atoms with Crippen LogP contribution in [0, 0.1) is 0 Å². The third-order valence-corrected chi connectivity index (χ3v) is 4.91. The summed E-state index contributed by atoms with van der Waals surface area (Å²) in [4.78, 5) is 12.9. The van der Waals surface area contributed by atoms with Crippen LogP contribution in [0.5, 0.6) is 5.75 Å².